The summed E-state index contributed by atoms with van der Waals surface area (Å²) in [5, 5.41) is 8.84. The zero-order chi connectivity index (χ0) is 16.7. The van der Waals surface area contributed by atoms with E-state index in [0.29, 0.717) is 24.0 Å². The molecule has 1 aromatic carbocycles. The largest absolute Gasteiger partial charge is 0.352 e. The van der Waals surface area contributed by atoms with Crippen molar-refractivity contribution in [2.24, 2.45) is 11.7 Å². The molecule has 1 saturated carbocycles. The highest BCUT2D eigenvalue weighted by Gasteiger charge is 2.27. The van der Waals surface area contributed by atoms with Gasteiger partial charge in [-0.2, -0.15) is 0 Å². The van der Waals surface area contributed by atoms with Crippen LogP contribution in [0, 0.1) is 5.92 Å². The van der Waals surface area contributed by atoms with Crippen molar-refractivity contribution in [2.75, 3.05) is 13.1 Å². The summed E-state index contributed by atoms with van der Waals surface area (Å²) in [6.07, 6.45) is 3.09. The number of rotatable bonds is 6. The van der Waals surface area contributed by atoms with Crippen molar-refractivity contribution in [3.8, 4) is 0 Å². The van der Waals surface area contributed by atoms with Crippen LogP contribution in [0.15, 0.2) is 24.3 Å². The topological polar surface area (TPSA) is 96.2 Å². The molecule has 0 aromatic heterocycles. The van der Waals surface area contributed by atoms with Crippen LogP contribution in [0.5, 0.6) is 0 Å². The molecule has 0 radical (unpaired) electrons. The highest BCUT2D eigenvalue weighted by Crippen LogP contribution is 2.24. The molecule has 0 saturated heterocycles. The molecule has 5 N–H and O–H groups in total. The first-order valence-corrected chi connectivity index (χ1v) is 8.22. The van der Waals surface area contributed by atoms with E-state index < -0.39 is 0 Å². The molecular weight excluding hydrogens is 316 g/mol. The van der Waals surface area contributed by atoms with Crippen LogP contribution in [0.25, 0.3) is 0 Å². The highest BCUT2D eigenvalue weighted by atomic mass is 35.5. The lowest BCUT2D eigenvalue weighted by Crippen LogP contribution is -2.46. The number of benzene rings is 1. The van der Waals surface area contributed by atoms with E-state index in [0.717, 1.165) is 24.8 Å². The standard InChI is InChI=1S/C16H23ClN4O2/c17-13-6-4-11(5-7-13)9-19-16(23)20-10-15(22)21-14-3-1-2-12(14)8-18/h4-7,12,14H,1-3,8-10,18H2,(H,21,22)(H2,19,20,23). The minimum atomic E-state index is -0.378. The second-order valence-corrected chi connectivity index (χ2v) is 6.20. The summed E-state index contributed by atoms with van der Waals surface area (Å²) in [7, 11) is 0. The zero-order valence-corrected chi connectivity index (χ0v) is 13.7. The van der Waals surface area contributed by atoms with Crippen molar-refractivity contribution in [3.05, 3.63) is 34.9 Å². The average Bonchev–Trinajstić information content (AvgIpc) is 2.99. The number of hydrogen-bond acceptors (Lipinski definition) is 3. The maximum atomic E-state index is 11.9. The van der Waals surface area contributed by atoms with Crippen molar-refractivity contribution in [2.45, 2.75) is 31.8 Å². The summed E-state index contributed by atoms with van der Waals surface area (Å²) in [5.74, 6) is 0.162. The van der Waals surface area contributed by atoms with Gasteiger partial charge in [0.05, 0.1) is 6.54 Å². The van der Waals surface area contributed by atoms with Crippen LogP contribution in [0.2, 0.25) is 5.02 Å². The van der Waals surface area contributed by atoms with E-state index in [1.54, 1.807) is 12.1 Å². The summed E-state index contributed by atoms with van der Waals surface area (Å²) >= 11 is 5.80. The van der Waals surface area contributed by atoms with Crippen LogP contribution in [0.1, 0.15) is 24.8 Å². The van der Waals surface area contributed by atoms with Crippen LogP contribution >= 0.6 is 11.6 Å². The van der Waals surface area contributed by atoms with Gasteiger partial charge in [-0.3, -0.25) is 4.79 Å². The molecule has 0 spiro atoms. The monoisotopic (exact) mass is 338 g/mol. The van der Waals surface area contributed by atoms with Crippen LogP contribution < -0.4 is 21.7 Å². The number of nitrogens with one attached hydrogen (secondary N) is 3. The molecule has 7 heteroatoms. The molecule has 0 bridgehead atoms. The van der Waals surface area contributed by atoms with Crippen LogP contribution in [-0.2, 0) is 11.3 Å². The number of urea groups is 1. The Bertz CT molecular complexity index is 535. The quantitative estimate of drug-likeness (QED) is 0.631. The number of halogens is 1. The Morgan fingerprint density at radius 3 is 2.61 bits per heavy atom. The lowest BCUT2D eigenvalue weighted by atomic mass is 10.0. The molecule has 1 aliphatic rings. The maximum Gasteiger partial charge on any atom is 0.315 e. The van der Waals surface area contributed by atoms with Gasteiger partial charge in [-0.05, 0) is 43.0 Å². The Hall–Kier alpha value is -1.79. The maximum absolute atomic E-state index is 11.9. The van der Waals surface area contributed by atoms with Crippen LogP contribution in [0.3, 0.4) is 0 Å². The van der Waals surface area contributed by atoms with E-state index in [2.05, 4.69) is 16.0 Å². The third-order valence-electron chi connectivity index (χ3n) is 4.08. The van der Waals surface area contributed by atoms with Gasteiger partial charge in [-0.25, -0.2) is 4.79 Å². The number of nitrogens with two attached hydrogens (primary N) is 1. The number of carbonyl (C=O) groups excluding carboxylic acids is 2. The molecule has 1 aliphatic carbocycles. The third-order valence-corrected chi connectivity index (χ3v) is 4.34. The normalized spacial score (nSPS) is 20.1. The second-order valence-electron chi connectivity index (χ2n) is 5.76. The number of hydrogen-bond donors (Lipinski definition) is 4. The van der Waals surface area contributed by atoms with Gasteiger partial charge in [0.25, 0.3) is 0 Å². The molecule has 6 nitrogen and oxygen atoms in total. The van der Waals surface area contributed by atoms with Crippen molar-refractivity contribution < 1.29 is 9.59 Å². The molecule has 1 fully saturated rings. The van der Waals surface area contributed by atoms with E-state index in [9.17, 15) is 9.59 Å². The van der Waals surface area contributed by atoms with Crippen LogP contribution in [0.4, 0.5) is 4.79 Å². The first kappa shape index (κ1) is 17.6. The minimum absolute atomic E-state index is 0.0414. The second kappa shape index (κ2) is 8.74. The number of carbonyl (C=O) groups is 2. The summed E-state index contributed by atoms with van der Waals surface area (Å²) in [6.45, 7) is 0.919. The molecule has 126 valence electrons. The van der Waals surface area contributed by atoms with Crippen molar-refractivity contribution in [1.29, 1.82) is 0 Å². The predicted molar refractivity (Wildman–Crippen MR) is 90.0 cm³/mol. The Morgan fingerprint density at radius 2 is 1.91 bits per heavy atom. The Kier molecular flexibility index (Phi) is 6.67. The van der Waals surface area contributed by atoms with Gasteiger partial charge in [0.2, 0.25) is 5.91 Å². The summed E-state index contributed by atoms with van der Waals surface area (Å²) in [6, 6.07) is 6.95. The lowest BCUT2D eigenvalue weighted by molar-refractivity contribution is -0.121. The summed E-state index contributed by atoms with van der Waals surface area (Å²) in [4.78, 5) is 23.6. The van der Waals surface area contributed by atoms with E-state index in [4.69, 9.17) is 17.3 Å². The molecule has 0 aliphatic heterocycles. The Balaban J connectivity index is 1.65. The fourth-order valence-corrected chi connectivity index (χ4v) is 2.90. The average molecular weight is 339 g/mol. The van der Waals surface area contributed by atoms with Crippen LogP contribution in [-0.4, -0.2) is 31.1 Å². The smallest absolute Gasteiger partial charge is 0.315 e. The van der Waals surface area contributed by atoms with Gasteiger partial charge in [-0.15, -0.1) is 0 Å². The summed E-state index contributed by atoms with van der Waals surface area (Å²) in [5.41, 5.74) is 6.62. The molecule has 1 aromatic rings. The lowest BCUT2D eigenvalue weighted by Gasteiger charge is -2.19. The van der Waals surface area contributed by atoms with Gasteiger partial charge >= 0.3 is 6.03 Å². The van der Waals surface area contributed by atoms with Gasteiger partial charge in [0, 0.05) is 17.6 Å². The fourth-order valence-electron chi connectivity index (χ4n) is 2.77. The van der Waals surface area contributed by atoms with Crippen molar-refractivity contribution in [3.63, 3.8) is 0 Å². The summed E-state index contributed by atoms with van der Waals surface area (Å²) < 4.78 is 0. The first-order chi connectivity index (χ1) is 11.1. The van der Waals surface area contributed by atoms with Gasteiger partial charge in [-0.1, -0.05) is 30.2 Å². The molecule has 23 heavy (non-hydrogen) atoms. The highest BCUT2D eigenvalue weighted by molar-refractivity contribution is 6.30. The first-order valence-electron chi connectivity index (χ1n) is 7.84. The van der Waals surface area contributed by atoms with E-state index in [1.807, 2.05) is 12.1 Å². The Labute approximate surface area is 141 Å². The molecular formula is C16H23ClN4O2. The SMILES string of the molecule is NCC1CCCC1NC(=O)CNC(=O)NCc1ccc(Cl)cc1. The van der Waals surface area contributed by atoms with Gasteiger partial charge in [0.15, 0.2) is 0 Å². The van der Waals surface area contributed by atoms with Crippen molar-refractivity contribution >= 4 is 23.5 Å². The van der Waals surface area contributed by atoms with Gasteiger partial charge in [0.1, 0.15) is 0 Å². The van der Waals surface area contributed by atoms with E-state index >= 15 is 0 Å². The van der Waals surface area contributed by atoms with Gasteiger partial charge < -0.3 is 21.7 Å². The molecule has 2 rings (SSSR count). The number of amides is 3. The van der Waals surface area contributed by atoms with E-state index in [-0.39, 0.29) is 24.5 Å². The third kappa shape index (κ3) is 5.73. The predicted octanol–water partition coefficient (Wildman–Crippen LogP) is 1.38. The minimum Gasteiger partial charge on any atom is -0.352 e. The Morgan fingerprint density at radius 1 is 1.17 bits per heavy atom. The molecule has 2 atom stereocenters. The zero-order valence-electron chi connectivity index (χ0n) is 13.0. The molecule has 3 amide bonds. The van der Waals surface area contributed by atoms with Crippen molar-refractivity contribution in [1.82, 2.24) is 16.0 Å². The molecule has 2 unspecified atom stereocenters. The van der Waals surface area contributed by atoms with E-state index in [1.165, 1.54) is 0 Å². The molecule has 0 heterocycles. The fraction of sp³-hybridized carbons (Fsp3) is 0.500.